The Balaban J connectivity index is 2.93. The van der Waals surface area contributed by atoms with E-state index in [4.69, 9.17) is 0 Å². The van der Waals surface area contributed by atoms with Crippen molar-refractivity contribution in [2.24, 2.45) is 5.41 Å². The van der Waals surface area contributed by atoms with Gasteiger partial charge in [0.15, 0.2) is 0 Å². The summed E-state index contributed by atoms with van der Waals surface area (Å²) in [5, 5.41) is 2.95. The van der Waals surface area contributed by atoms with Gasteiger partial charge in [0, 0.05) is 17.5 Å². The summed E-state index contributed by atoms with van der Waals surface area (Å²) in [5.74, 6) is 0.158. The van der Waals surface area contributed by atoms with Crippen LogP contribution in [-0.4, -0.2) is 5.91 Å². The lowest BCUT2D eigenvalue weighted by Crippen LogP contribution is -2.34. The van der Waals surface area contributed by atoms with Crippen LogP contribution in [-0.2, 0) is 4.79 Å². The fourth-order valence-electron chi connectivity index (χ4n) is 1.56. The van der Waals surface area contributed by atoms with Gasteiger partial charge in [-0.2, -0.15) is 0 Å². The molecule has 1 heterocycles. The maximum absolute atomic E-state index is 11.1. The molecule has 0 aromatic carbocycles. The first kappa shape index (κ1) is 9.30. The van der Waals surface area contributed by atoms with Crippen molar-refractivity contribution in [2.75, 3.05) is 0 Å². The Labute approximate surface area is 74.0 Å². The van der Waals surface area contributed by atoms with Gasteiger partial charge < -0.3 is 5.32 Å². The number of carbonyl (C=O) groups is 1. The average molecular weight is 167 g/mol. The van der Waals surface area contributed by atoms with Crippen LogP contribution in [0.2, 0.25) is 0 Å². The molecule has 68 valence electrons. The Morgan fingerprint density at radius 2 is 1.83 bits per heavy atom. The van der Waals surface area contributed by atoms with Crippen LogP contribution in [0.3, 0.4) is 0 Å². The van der Waals surface area contributed by atoms with Gasteiger partial charge in [0.1, 0.15) is 0 Å². The number of carbonyl (C=O) groups excluding carboxylic acids is 1. The van der Waals surface area contributed by atoms with Gasteiger partial charge in [0.05, 0.1) is 0 Å². The predicted molar refractivity (Wildman–Crippen MR) is 49.5 cm³/mol. The van der Waals surface area contributed by atoms with E-state index >= 15 is 0 Å². The molecule has 0 saturated carbocycles. The summed E-state index contributed by atoms with van der Waals surface area (Å²) in [6.45, 7) is 8.46. The molecule has 0 aromatic rings. The van der Waals surface area contributed by atoms with E-state index in [1.807, 2.05) is 0 Å². The average Bonchev–Trinajstić information content (AvgIpc) is 1.92. The van der Waals surface area contributed by atoms with Crippen LogP contribution in [0.25, 0.3) is 0 Å². The third kappa shape index (κ3) is 1.87. The van der Waals surface area contributed by atoms with Gasteiger partial charge in [0.25, 0.3) is 0 Å². The lowest BCUT2D eigenvalue weighted by molar-refractivity contribution is -0.121. The zero-order valence-corrected chi connectivity index (χ0v) is 8.32. The molecule has 0 aliphatic carbocycles. The molecule has 1 amide bonds. The van der Waals surface area contributed by atoms with E-state index in [-0.39, 0.29) is 11.3 Å². The summed E-state index contributed by atoms with van der Waals surface area (Å²) in [4.78, 5) is 11.1. The molecule has 12 heavy (non-hydrogen) atoms. The maximum Gasteiger partial charge on any atom is 0.224 e. The first-order valence-electron chi connectivity index (χ1n) is 4.41. The highest BCUT2D eigenvalue weighted by Gasteiger charge is 2.24. The van der Waals surface area contributed by atoms with E-state index in [9.17, 15) is 4.79 Å². The first-order valence-corrected chi connectivity index (χ1v) is 4.41. The molecule has 1 N–H and O–H groups in total. The van der Waals surface area contributed by atoms with E-state index in [0.717, 1.165) is 12.1 Å². The Morgan fingerprint density at radius 1 is 1.25 bits per heavy atom. The Kier molecular flexibility index (Phi) is 2.27. The van der Waals surface area contributed by atoms with Gasteiger partial charge in [-0.3, -0.25) is 4.79 Å². The van der Waals surface area contributed by atoms with Gasteiger partial charge in [-0.15, -0.1) is 0 Å². The van der Waals surface area contributed by atoms with Crippen molar-refractivity contribution < 1.29 is 4.79 Å². The van der Waals surface area contributed by atoms with Crippen molar-refractivity contribution in [3.05, 3.63) is 11.3 Å². The zero-order valence-electron chi connectivity index (χ0n) is 8.32. The minimum absolute atomic E-state index is 0.0696. The molecule has 1 aliphatic rings. The van der Waals surface area contributed by atoms with Crippen LogP contribution in [0, 0.1) is 5.41 Å². The Hall–Kier alpha value is -0.790. The molecule has 0 radical (unpaired) electrons. The summed E-state index contributed by atoms with van der Waals surface area (Å²) in [7, 11) is 0. The highest BCUT2D eigenvalue weighted by molar-refractivity contribution is 5.79. The molecule has 0 spiro atoms. The molecular formula is C10H17NO. The van der Waals surface area contributed by atoms with E-state index in [0.29, 0.717) is 6.42 Å². The molecule has 0 saturated heterocycles. The first-order chi connectivity index (χ1) is 5.41. The molecule has 2 nitrogen and oxygen atoms in total. The van der Waals surface area contributed by atoms with E-state index in [1.54, 1.807) is 0 Å². The lowest BCUT2D eigenvalue weighted by Gasteiger charge is -2.29. The summed E-state index contributed by atoms with van der Waals surface area (Å²) >= 11 is 0. The van der Waals surface area contributed by atoms with Crippen LogP contribution in [0.4, 0.5) is 0 Å². The summed E-state index contributed by atoms with van der Waals surface area (Å²) in [5.41, 5.74) is 2.50. The summed E-state index contributed by atoms with van der Waals surface area (Å²) in [6, 6.07) is 0. The van der Waals surface area contributed by atoms with Crippen molar-refractivity contribution in [1.29, 1.82) is 0 Å². The van der Waals surface area contributed by atoms with Crippen molar-refractivity contribution >= 4 is 5.91 Å². The largest absolute Gasteiger partial charge is 0.329 e. The fourth-order valence-corrected chi connectivity index (χ4v) is 1.56. The molecule has 0 aromatic heterocycles. The number of rotatable bonds is 0. The van der Waals surface area contributed by atoms with Gasteiger partial charge in [-0.1, -0.05) is 26.3 Å². The molecule has 2 heteroatoms. The van der Waals surface area contributed by atoms with E-state index in [2.05, 4.69) is 33.0 Å². The Morgan fingerprint density at radius 3 is 2.25 bits per heavy atom. The van der Waals surface area contributed by atoms with Gasteiger partial charge >= 0.3 is 0 Å². The molecule has 0 atom stereocenters. The third-order valence-electron chi connectivity index (χ3n) is 2.17. The molecule has 0 bridgehead atoms. The topological polar surface area (TPSA) is 29.1 Å². The molecular weight excluding hydrogens is 150 g/mol. The van der Waals surface area contributed by atoms with Crippen LogP contribution >= 0.6 is 0 Å². The van der Waals surface area contributed by atoms with Crippen LogP contribution in [0.5, 0.6) is 0 Å². The lowest BCUT2D eigenvalue weighted by atomic mass is 9.86. The standard InChI is InChI=1S/C10H17NO/c1-7-5-6-8(12)11-9(7)10(2,3)4/h5-6H2,1-4H3,(H,11,12). The number of allylic oxidation sites excluding steroid dienone is 2. The molecule has 0 fully saturated rings. The second kappa shape index (κ2) is 2.92. The van der Waals surface area contributed by atoms with Gasteiger partial charge in [-0.05, 0) is 13.3 Å². The zero-order chi connectivity index (χ0) is 9.35. The van der Waals surface area contributed by atoms with Crippen molar-refractivity contribution in [1.82, 2.24) is 5.32 Å². The fraction of sp³-hybridized carbons (Fsp3) is 0.700. The molecule has 1 aliphatic heterocycles. The third-order valence-corrected chi connectivity index (χ3v) is 2.17. The minimum Gasteiger partial charge on any atom is -0.329 e. The summed E-state index contributed by atoms with van der Waals surface area (Å²) in [6.07, 6.45) is 1.56. The summed E-state index contributed by atoms with van der Waals surface area (Å²) < 4.78 is 0. The quantitative estimate of drug-likeness (QED) is 0.589. The normalized spacial score (nSPS) is 19.5. The Bertz CT molecular complexity index is 233. The molecule has 0 unspecified atom stereocenters. The maximum atomic E-state index is 11.1. The van der Waals surface area contributed by atoms with E-state index < -0.39 is 0 Å². The van der Waals surface area contributed by atoms with Crippen molar-refractivity contribution in [3.63, 3.8) is 0 Å². The monoisotopic (exact) mass is 167 g/mol. The second-order valence-corrected chi connectivity index (χ2v) is 4.45. The van der Waals surface area contributed by atoms with Crippen LogP contribution in [0.1, 0.15) is 40.5 Å². The number of nitrogens with one attached hydrogen (secondary N) is 1. The van der Waals surface area contributed by atoms with Crippen molar-refractivity contribution in [2.45, 2.75) is 40.5 Å². The predicted octanol–water partition coefficient (Wildman–Crippen LogP) is 2.22. The van der Waals surface area contributed by atoms with Gasteiger partial charge in [0.2, 0.25) is 5.91 Å². The van der Waals surface area contributed by atoms with Crippen LogP contribution < -0.4 is 5.32 Å². The van der Waals surface area contributed by atoms with Crippen LogP contribution in [0.15, 0.2) is 11.3 Å². The number of amides is 1. The smallest absolute Gasteiger partial charge is 0.224 e. The SMILES string of the molecule is CC1=C(C(C)(C)C)NC(=O)CC1. The highest BCUT2D eigenvalue weighted by atomic mass is 16.1. The van der Waals surface area contributed by atoms with E-state index in [1.165, 1.54) is 5.57 Å². The number of hydrogen-bond donors (Lipinski definition) is 1. The van der Waals surface area contributed by atoms with Crippen molar-refractivity contribution in [3.8, 4) is 0 Å². The molecule has 1 rings (SSSR count). The highest BCUT2D eigenvalue weighted by Crippen LogP contribution is 2.29. The minimum atomic E-state index is 0.0696. The van der Waals surface area contributed by atoms with Gasteiger partial charge in [-0.25, -0.2) is 0 Å². The second-order valence-electron chi connectivity index (χ2n) is 4.45. The number of hydrogen-bond acceptors (Lipinski definition) is 1.